The van der Waals surface area contributed by atoms with E-state index in [0.717, 1.165) is 38.0 Å². The molecule has 0 spiro atoms. The van der Waals surface area contributed by atoms with E-state index in [1.54, 1.807) is 29.1 Å². The third-order valence-corrected chi connectivity index (χ3v) is 6.57. The van der Waals surface area contributed by atoms with Crippen molar-refractivity contribution in [2.75, 3.05) is 29.9 Å². The van der Waals surface area contributed by atoms with Crippen LogP contribution in [0, 0.1) is 24.2 Å². The molecule has 1 fully saturated rings. The fraction of sp³-hybridized carbons (Fsp3) is 0.346. The fourth-order valence-electron chi connectivity index (χ4n) is 4.34. The standard InChI is InChI=1S/C26H27ClN6O3/c1-17-24(16-30-33(17)23-5-3-21(27)4-6-23)26(35)31-22-13-20(14-28)25(29-15-22)32-10-7-19(8-11-32)9-12-36-18(2)34/h3-6,13,15-16,19H,7-12H2,1-2H3,(H,31,35). The molecular weight excluding hydrogens is 480 g/mol. The second-order valence-electron chi connectivity index (χ2n) is 8.75. The summed E-state index contributed by atoms with van der Waals surface area (Å²) in [4.78, 5) is 30.5. The van der Waals surface area contributed by atoms with E-state index >= 15 is 0 Å². The first-order chi connectivity index (χ1) is 17.4. The average molecular weight is 507 g/mol. The second-order valence-corrected chi connectivity index (χ2v) is 9.19. The summed E-state index contributed by atoms with van der Waals surface area (Å²) >= 11 is 5.96. The Hall–Kier alpha value is -3.90. The monoisotopic (exact) mass is 506 g/mol. The van der Waals surface area contributed by atoms with Crippen LogP contribution in [-0.2, 0) is 9.53 Å². The van der Waals surface area contributed by atoms with E-state index in [1.807, 2.05) is 19.1 Å². The molecule has 1 saturated heterocycles. The molecule has 10 heteroatoms. The predicted octanol–water partition coefficient (Wildman–Crippen LogP) is 4.52. The molecule has 0 atom stereocenters. The van der Waals surface area contributed by atoms with Crippen LogP contribution in [0.15, 0.2) is 42.7 Å². The van der Waals surface area contributed by atoms with Gasteiger partial charge in [-0.15, -0.1) is 0 Å². The van der Waals surface area contributed by atoms with Gasteiger partial charge in [0.1, 0.15) is 11.9 Å². The molecule has 3 aromatic rings. The van der Waals surface area contributed by atoms with E-state index in [4.69, 9.17) is 16.3 Å². The molecule has 1 aliphatic rings. The number of benzene rings is 1. The van der Waals surface area contributed by atoms with Crippen molar-refractivity contribution in [2.24, 2.45) is 5.92 Å². The maximum absolute atomic E-state index is 12.9. The Morgan fingerprint density at radius 2 is 1.94 bits per heavy atom. The van der Waals surface area contributed by atoms with E-state index in [1.165, 1.54) is 13.1 Å². The van der Waals surface area contributed by atoms with Gasteiger partial charge in [0, 0.05) is 25.0 Å². The Morgan fingerprint density at radius 3 is 2.61 bits per heavy atom. The third kappa shape index (κ3) is 5.83. The molecule has 3 heterocycles. The molecule has 0 unspecified atom stereocenters. The van der Waals surface area contributed by atoms with E-state index in [0.29, 0.717) is 45.9 Å². The number of piperidine rings is 1. The molecule has 1 N–H and O–H groups in total. The number of anilines is 2. The molecule has 0 saturated carbocycles. The summed E-state index contributed by atoms with van der Waals surface area (Å²) in [7, 11) is 0. The lowest BCUT2D eigenvalue weighted by atomic mass is 9.94. The molecule has 4 rings (SSSR count). The van der Waals surface area contributed by atoms with Gasteiger partial charge >= 0.3 is 5.97 Å². The van der Waals surface area contributed by atoms with Crippen molar-refractivity contribution in [2.45, 2.75) is 33.1 Å². The molecule has 1 aromatic carbocycles. The van der Waals surface area contributed by atoms with Gasteiger partial charge in [-0.2, -0.15) is 10.4 Å². The van der Waals surface area contributed by atoms with Gasteiger partial charge in [-0.05, 0) is 62.4 Å². The fourth-order valence-corrected chi connectivity index (χ4v) is 4.46. The van der Waals surface area contributed by atoms with Crippen LogP contribution >= 0.6 is 11.6 Å². The zero-order chi connectivity index (χ0) is 25.7. The minimum absolute atomic E-state index is 0.256. The van der Waals surface area contributed by atoms with Crippen molar-refractivity contribution in [3.63, 3.8) is 0 Å². The van der Waals surface area contributed by atoms with E-state index in [-0.39, 0.29) is 11.9 Å². The highest BCUT2D eigenvalue weighted by Gasteiger charge is 2.23. The van der Waals surface area contributed by atoms with Gasteiger partial charge in [0.15, 0.2) is 0 Å². The second kappa shape index (κ2) is 11.2. The number of ether oxygens (including phenoxy) is 1. The number of carbonyl (C=O) groups is 2. The largest absolute Gasteiger partial charge is 0.466 e. The Bertz CT molecular complexity index is 1290. The van der Waals surface area contributed by atoms with Gasteiger partial charge in [-0.25, -0.2) is 9.67 Å². The summed E-state index contributed by atoms with van der Waals surface area (Å²) in [6.45, 7) is 5.20. The number of aromatic nitrogens is 3. The van der Waals surface area contributed by atoms with Crippen molar-refractivity contribution in [1.82, 2.24) is 14.8 Å². The van der Waals surface area contributed by atoms with Crippen LogP contribution < -0.4 is 10.2 Å². The summed E-state index contributed by atoms with van der Waals surface area (Å²) in [6, 6.07) is 11.0. The molecule has 186 valence electrons. The first kappa shape index (κ1) is 25.2. The number of pyridine rings is 1. The Balaban J connectivity index is 1.41. The zero-order valence-electron chi connectivity index (χ0n) is 20.2. The Labute approximate surface area is 214 Å². The number of carbonyl (C=O) groups excluding carboxylic acids is 2. The average Bonchev–Trinajstić information content (AvgIpc) is 3.26. The highest BCUT2D eigenvalue weighted by atomic mass is 35.5. The molecule has 1 amide bonds. The van der Waals surface area contributed by atoms with Crippen molar-refractivity contribution in [3.8, 4) is 11.8 Å². The Morgan fingerprint density at radius 1 is 1.22 bits per heavy atom. The molecule has 2 aromatic heterocycles. The van der Waals surface area contributed by atoms with Gasteiger partial charge < -0.3 is 15.0 Å². The van der Waals surface area contributed by atoms with Crippen LogP contribution in [-0.4, -0.2) is 46.3 Å². The van der Waals surface area contributed by atoms with Gasteiger partial charge in [0.25, 0.3) is 5.91 Å². The van der Waals surface area contributed by atoms with Gasteiger partial charge in [-0.3, -0.25) is 9.59 Å². The molecule has 0 radical (unpaired) electrons. The van der Waals surface area contributed by atoms with Crippen molar-refractivity contribution in [1.29, 1.82) is 5.26 Å². The molecule has 0 aliphatic carbocycles. The van der Waals surface area contributed by atoms with Gasteiger partial charge in [0.05, 0.1) is 47.2 Å². The minimum atomic E-state index is -0.334. The van der Waals surface area contributed by atoms with Gasteiger partial charge in [-0.1, -0.05) is 11.6 Å². The summed E-state index contributed by atoms with van der Waals surface area (Å²) < 4.78 is 6.72. The van der Waals surface area contributed by atoms with Crippen LogP contribution in [0.25, 0.3) is 5.69 Å². The number of rotatable bonds is 7. The normalized spacial score (nSPS) is 13.8. The van der Waals surface area contributed by atoms with E-state index in [9.17, 15) is 14.9 Å². The maximum atomic E-state index is 12.9. The van der Waals surface area contributed by atoms with E-state index in [2.05, 4.69) is 26.4 Å². The Kier molecular flexibility index (Phi) is 7.86. The highest BCUT2D eigenvalue weighted by molar-refractivity contribution is 6.30. The number of amides is 1. The molecule has 36 heavy (non-hydrogen) atoms. The number of nitrogens with zero attached hydrogens (tertiary/aromatic N) is 5. The molecule has 0 bridgehead atoms. The van der Waals surface area contributed by atoms with Crippen molar-refractivity contribution >= 4 is 35.0 Å². The zero-order valence-corrected chi connectivity index (χ0v) is 21.0. The molecule has 9 nitrogen and oxygen atoms in total. The smallest absolute Gasteiger partial charge is 0.302 e. The van der Waals surface area contributed by atoms with Crippen molar-refractivity contribution in [3.05, 3.63) is 64.6 Å². The lowest BCUT2D eigenvalue weighted by molar-refractivity contribution is -0.141. The first-order valence-corrected chi connectivity index (χ1v) is 12.1. The number of halogens is 1. The third-order valence-electron chi connectivity index (χ3n) is 6.32. The maximum Gasteiger partial charge on any atom is 0.302 e. The van der Waals surface area contributed by atoms with Crippen LogP contribution in [0.5, 0.6) is 0 Å². The lowest BCUT2D eigenvalue weighted by Gasteiger charge is -2.33. The first-order valence-electron chi connectivity index (χ1n) is 11.8. The van der Waals surface area contributed by atoms with Crippen molar-refractivity contribution < 1.29 is 14.3 Å². The number of hydrogen-bond acceptors (Lipinski definition) is 7. The van der Waals surface area contributed by atoms with Gasteiger partial charge in [0.2, 0.25) is 0 Å². The number of hydrogen-bond donors (Lipinski definition) is 1. The minimum Gasteiger partial charge on any atom is -0.466 e. The topological polar surface area (TPSA) is 113 Å². The predicted molar refractivity (Wildman–Crippen MR) is 136 cm³/mol. The highest BCUT2D eigenvalue weighted by Crippen LogP contribution is 2.28. The molecule has 1 aliphatic heterocycles. The number of nitrogens with one attached hydrogen (secondary N) is 1. The summed E-state index contributed by atoms with van der Waals surface area (Å²) in [5.41, 5.74) is 2.73. The van der Waals surface area contributed by atoms with Crippen LogP contribution in [0.1, 0.15) is 47.8 Å². The number of esters is 1. The summed E-state index contributed by atoms with van der Waals surface area (Å²) in [5, 5.41) is 17.5. The van der Waals surface area contributed by atoms with Crippen LogP contribution in [0.3, 0.4) is 0 Å². The quantitative estimate of drug-likeness (QED) is 0.468. The van der Waals surface area contributed by atoms with Crippen LogP contribution in [0.4, 0.5) is 11.5 Å². The SMILES string of the molecule is CC(=O)OCCC1CCN(c2ncc(NC(=O)c3cnn(-c4ccc(Cl)cc4)c3C)cc2C#N)CC1. The lowest BCUT2D eigenvalue weighted by Crippen LogP contribution is -2.35. The summed E-state index contributed by atoms with van der Waals surface area (Å²) in [6.07, 6.45) is 5.79. The molecular formula is C26H27ClN6O3. The van der Waals surface area contributed by atoms with Crippen LogP contribution in [0.2, 0.25) is 5.02 Å². The number of nitriles is 1. The van der Waals surface area contributed by atoms with E-state index < -0.39 is 0 Å². The summed E-state index contributed by atoms with van der Waals surface area (Å²) in [5.74, 6) is 0.496.